The first-order valence-electron chi connectivity index (χ1n) is 7.46. The van der Waals surface area contributed by atoms with Crippen LogP contribution in [0.15, 0.2) is 58.5 Å². The van der Waals surface area contributed by atoms with Gasteiger partial charge in [-0.15, -0.1) is 11.3 Å². The standard InChI is InChI=1S/C18H14BrClN2O2S/c1-11(14-4-2-3-5-15(14)20)24-18(23)22-17-16(21-10-25-17)12-6-8-13(19)9-7-12/h2-11H,1H3,(H,22,23). The molecule has 0 aliphatic rings. The van der Waals surface area contributed by atoms with E-state index < -0.39 is 12.2 Å². The summed E-state index contributed by atoms with van der Waals surface area (Å²) >= 11 is 10.9. The second-order valence-corrected chi connectivity index (χ2v) is 7.41. The Kier molecular flexibility index (Phi) is 5.73. The lowest BCUT2D eigenvalue weighted by Gasteiger charge is -2.15. The number of anilines is 1. The fourth-order valence-electron chi connectivity index (χ4n) is 2.30. The van der Waals surface area contributed by atoms with Gasteiger partial charge in [0.25, 0.3) is 0 Å². The molecule has 1 atom stereocenters. The van der Waals surface area contributed by atoms with Crippen molar-refractivity contribution in [3.63, 3.8) is 0 Å². The fourth-order valence-corrected chi connectivity index (χ4v) is 3.54. The van der Waals surface area contributed by atoms with E-state index in [1.54, 1.807) is 18.5 Å². The Morgan fingerprint density at radius 2 is 1.96 bits per heavy atom. The quantitative estimate of drug-likeness (QED) is 0.504. The highest BCUT2D eigenvalue weighted by Crippen LogP contribution is 2.32. The third kappa shape index (κ3) is 4.39. The van der Waals surface area contributed by atoms with E-state index in [9.17, 15) is 4.79 Å². The van der Waals surface area contributed by atoms with Crippen LogP contribution >= 0.6 is 38.9 Å². The van der Waals surface area contributed by atoms with Crippen molar-refractivity contribution in [3.8, 4) is 11.3 Å². The van der Waals surface area contributed by atoms with Crippen molar-refractivity contribution >= 4 is 50.0 Å². The first kappa shape index (κ1) is 17.9. The van der Waals surface area contributed by atoms with Gasteiger partial charge in [0.15, 0.2) is 0 Å². The number of hydrogen-bond acceptors (Lipinski definition) is 4. The van der Waals surface area contributed by atoms with E-state index in [4.69, 9.17) is 16.3 Å². The van der Waals surface area contributed by atoms with E-state index in [-0.39, 0.29) is 0 Å². The minimum Gasteiger partial charge on any atom is -0.441 e. The van der Waals surface area contributed by atoms with Crippen LogP contribution in [0.1, 0.15) is 18.6 Å². The summed E-state index contributed by atoms with van der Waals surface area (Å²) in [4.78, 5) is 16.6. The molecule has 0 bridgehead atoms. The molecular formula is C18H14BrClN2O2S. The average Bonchev–Trinajstić information content (AvgIpc) is 3.03. The Morgan fingerprint density at radius 1 is 1.24 bits per heavy atom. The molecule has 0 saturated carbocycles. The Hall–Kier alpha value is -1.89. The van der Waals surface area contributed by atoms with Crippen molar-refractivity contribution in [1.29, 1.82) is 0 Å². The van der Waals surface area contributed by atoms with Crippen LogP contribution in [0.4, 0.5) is 9.80 Å². The number of thiazole rings is 1. The number of nitrogens with one attached hydrogen (secondary N) is 1. The number of carbonyl (C=O) groups is 1. The van der Waals surface area contributed by atoms with Gasteiger partial charge in [-0.25, -0.2) is 9.78 Å². The molecule has 0 aliphatic heterocycles. The average molecular weight is 438 g/mol. The van der Waals surface area contributed by atoms with Gasteiger partial charge in [0.05, 0.1) is 5.51 Å². The number of carbonyl (C=O) groups excluding carboxylic acids is 1. The number of hydrogen-bond donors (Lipinski definition) is 1. The van der Waals surface area contributed by atoms with Crippen molar-refractivity contribution < 1.29 is 9.53 Å². The summed E-state index contributed by atoms with van der Waals surface area (Å²) in [5, 5.41) is 3.97. The fraction of sp³-hybridized carbons (Fsp3) is 0.111. The summed E-state index contributed by atoms with van der Waals surface area (Å²) in [5.41, 5.74) is 4.07. The first-order valence-corrected chi connectivity index (χ1v) is 9.51. The maximum atomic E-state index is 12.2. The zero-order chi connectivity index (χ0) is 17.8. The summed E-state index contributed by atoms with van der Waals surface area (Å²) in [6.45, 7) is 1.78. The van der Waals surface area contributed by atoms with E-state index in [1.807, 2.05) is 42.5 Å². The summed E-state index contributed by atoms with van der Waals surface area (Å²) in [7, 11) is 0. The van der Waals surface area contributed by atoms with Crippen molar-refractivity contribution in [3.05, 3.63) is 69.1 Å². The normalized spacial score (nSPS) is 11.8. The molecule has 1 aromatic heterocycles. The maximum Gasteiger partial charge on any atom is 0.412 e. The van der Waals surface area contributed by atoms with Gasteiger partial charge >= 0.3 is 6.09 Å². The van der Waals surface area contributed by atoms with E-state index in [0.717, 1.165) is 15.6 Å². The topological polar surface area (TPSA) is 51.2 Å². The third-order valence-corrected chi connectivity index (χ3v) is 5.14. The number of aromatic nitrogens is 1. The second-order valence-electron chi connectivity index (χ2n) is 5.23. The molecule has 0 spiro atoms. The monoisotopic (exact) mass is 436 g/mol. The number of rotatable bonds is 4. The van der Waals surface area contributed by atoms with Crippen LogP contribution in [0.2, 0.25) is 5.02 Å². The number of benzene rings is 2. The maximum absolute atomic E-state index is 12.2. The molecule has 7 heteroatoms. The van der Waals surface area contributed by atoms with Crippen LogP contribution in [0.5, 0.6) is 0 Å². The van der Waals surface area contributed by atoms with Crippen molar-refractivity contribution in [1.82, 2.24) is 4.98 Å². The van der Waals surface area contributed by atoms with Crippen LogP contribution in [-0.2, 0) is 4.74 Å². The van der Waals surface area contributed by atoms with Crippen LogP contribution < -0.4 is 5.32 Å². The Balaban J connectivity index is 1.71. The summed E-state index contributed by atoms with van der Waals surface area (Å²) in [5.74, 6) is 0. The lowest BCUT2D eigenvalue weighted by Crippen LogP contribution is -2.16. The number of ether oxygens (including phenoxy) is 1. The van der Waals surface area contributed by atoms with Crippen LogP contribution in [-0.4, -0.2) is 11.1 Å². The molecule has 1 unspecified atom stereocenters. The lowest BCUT2D eigenvalue weighted by atomic mass is 10.1. The summed E-state index contributed by atoms with van der Waals surface area (Å²) in [6.07, 6.45) is -1.01. The zero-order valence-corrected chi connectivity index (χ0v) is 16.4. The van der Waals surface area contributed by atoms with Gasteiger partial charge in [0.1, 0.15) is 16.8 Å². The van der Waals surface area contributed by atoms with E-state index in [0.29, 0.717) is 15.7 Å². The minimum atomic E-state index is -0.546. The summed E-state index contributed by atoms with van der Waals surface area (Å²) in [6, 6.07) is 15.0. The highest BCUT2D eigenvalue weighted by atomic mass is 79.9. The molecule has 2 aromatic carbocycles. The number of nitrogens with zero attached hydrogens (tertiary/aromatic N) is 1. The molecule has 0 fully saturated rings. The van der Waals surface area contributed by atoms with E-state index in [2.05, 4.69) is 26.2 Å². The minimum absolute atomic E-state index is 0.460. The molecule has 0 aliphatic carbocycles. The van der Waals surface area contributed by atoms with Gasteiger partial charge in [0, 0.05) is 20.6 Å². The Bertz CT molecular complexity index is 883. The highest BCUT2D eigenvalue weighted by molar-refractivity contribution is 9.10. The van der Waals surface area contributed by atoms with E-state index >= 15 is 0 Å². The molecule has 0 radical (unpaired) electrons. The van der Waals surface area contributed by atoms with E-state index in [1.165, 1.54) is 11.3 Å². The predicted octanol–water partition coefficient (Wildman–Crippen LogP) is 6.54. The largest absolute Gasteiger partial charge is 0.441 e. The zero-order valence-electron chi connectivity index (χ0n) is 13.2. The van der Waals surface area contributed by atoms with Crippen molar-refractivity contribution in [2.24, 2.45) is 0 Å². The van der Waals surface area contributed by atoms with Crippen LogP contribution in [0, 0.1) is 0 Å². The molecule has 3 aromatic rings. The first-order chi connectivity index (χ1) is 12.0. The number of halogens is 2. The molecular weight excluding hydrogens is 424 g/mol. The van der Waals surface area contributed by atoms with Crippen molar-refractivity contribution in [2.45, 2.75) is 13.0 Å². The van der Waals surface area contributed by atoms with Gasteiger partial charge in [-0.05, 0) is 25.1 Å². The molecule has 1 amide bonds. The van der Waals surface area contributed by atoms with Gasteiger partial charge in [-0.2, -0.15) is 0 Å². The molecule has 3 rings (SSSR count). The van der Waals surface area contributed by atoms with Gasteiger partial charge in [0.2, 0.25) is 0 Å². The third-order valence-electron chi connectivity index (χ3n) is 3.53. The molecule has 25 heavy (non-hydrogen) atoms. The smallest absolute Gasteiger partial charge is 0.412 e. The highest BCUT2D eigenvalue weighted by Gasteiger charge is 2.17. The molecule has 0 saturated heterocycles. The SMILES string of the molecule is CC(OC(=O)Nc1scnc1-c1ccc(Br)cc1)c1ccccc1Cl. The predicted molar refractivity (Wildman–Crippen MR) is 105 cm³/mol. The lowest BCUT2D eigenvalue weighted by molar-refractivity contribution is 0.121. The molecule has 1 N–H and O–H groups in total. The van der Waals surface area contributed by atoms with Crippen LogP contribution in [0.3, 0.4) is 0 Å². The second kappa shape index (κ2) is 7.99. The van der Waals surface area contributed by atoms with Gasteiger partial charge in [-0.3, -0.25) is 5.32 Å². The molecule has 128 valence electrons. The van der Waals surface area contributed by atoms with Crippen LogP contribution in [0.25, 0.3) is 11.3 Å². The van der Waals surface area contributed by atoms with Crippen molar-refractivity contribution in [2.75, 3.05) is 5.32 Å². The molecule has 4 nitrogen and oxygen atoms in total. The molecule has 1 heterocycles. The Morgan fingerprint density at radius 3 is 2.68 bits per heavy atom. The number of amides is 1. The summed E-state index contributed by atoms with van der Waals surface area (Å²) < 4.78 is 6.42. The Labute approximate surface area is 162 Å². The van der Waals surface area contributed by atoms with Gasteiger partial charge in [-0.1, -0.05) is 57.9 Å². The van der Waals surface area contributed by atoms with Gasteiger partial charge < -0.3 is 4.74 Å².